The van der Waals surface area contributed by atoms with Gasteiger partial charge in [-0.05, 0) is 19.3 Å². The van der Waals surface area contributed by atoms with Crippen LogP contribution in [-0.4, -0.2) is 41.3 Å². The van der Waals surface area contributed by atoms with Crippen molar-refractivity contribution >= 4 is 11.6 Å². The first-order chi connectivity index (χ1) is 7.79. The van der Waals surface area contributed by atoms with Gasteiger partial charge in [-0.2, -0.15) is 0 Å². The highest BCUT2D eigenvalue weighted by molar-refractivity contribution is 5.48. The van der Waals surface area contributed by atoms with E-state index in [-0.39, 0.29) is 6.61 Å². The minimum atomic E-state index is 0.131. The molecule has 1 heterocycles. The van der Waals surface area contributed by atoms with E-state index in [9.17, 15) is 0 Å². The first-order valence-electron chi connectivity index (χ1n) is 5.70. The SMILES string of the molecule is CN(CCO)c1cc(NC2CCC2)ncn1. The van der Waals surface area contributed by atoms with Gasteiger partial charge in [0.2, 0.25) is 0 Å². The molecule has 5 nitrogen and oxygen atoms in total. The highest BCUT2D eigenvalue weighted by Gasteiger charge is 2.17. The summed E-state index contributed by atoms with van der Waals surface area (Å²) in [5.41, 5.74) is 0. The molecule has 0 aliphatic heterocycles. The summed E-state index contributed by atoms with van der Waals surface area (Å²) in [4.78, 5) is 10.3. The van der Waals surface area contributed by atoms with E-state index in [0.717, 1.165) is 11.6 Å². The molecule has 2 N–H and O–H groups in total. The zero-order valence-corrected chi connectivity index (χ0v) is 9.56. The number of aliphatic hydroxyl groups is 1. The van der Waals surface area contributed by atoms with Crippen molar-refractivity contribution in [3.63, 3.8) is 0 Å². The van der Waals surface area contributed by atoms with Gasteiger partial charge in [-0.25, -0.2) is 9.97 Å². The molecule has 2 rings (SSSR count). The normalized spacial score (nSPS) is 15.6. The van der Waals surface area contributed by atoms with E-state index in [0.29, 0.717) is 12.6 Å². The van der Waals surface area contributed by atoms with Gasteiger partial charge in [0.1, 0.15) is 18.0 Å². The number of aromatic nitrogens is 2. The van der Waals surface area contributed by atoms with Crippen molar-refractivity contribution in [3.05, 3.63) is 12.4 Å². The van der Waals surface area contributed by atoms with Crippen molar-refractivity contribution in [3.8, 4) is 0 Å². The maximum absolute atomic E-state index is 8.86. The number of likely N-dealkylation sites (N-methyl/N-ethyl adjacent to an activating group) is 1. The second-order valence-electron chi connectivity index (χ2n) is 4.18. The van der Waals surface area contributed by atoms with Crippen LogP contribution >= 0.6 is 0 Å². The Bertz CT molecular complexity index is 341. The van der Waals surface area contributed by atoms with Crippen LogP contribution in [0.5, 0.6) is 0 Å². The van der Waals surface area contributed by atoms with Gasteiger partial charge < -0.3 is 15.3 Å². The minimum Gasteiger partial charge on any atom is -0.395 e. The van der Waals surface area contributed by atoms with Crippen LogP contribution in [-0.2, 0) is 0 Å². The smallest absolute Gasteiger partial charge is 0.133 e. The molecule has 16 heavy (non-hydrogen) atoms. The molecule has 0 radical (unpaired) electrons. The molecule has 0 bridgehead atoms. The number of rotatable bonds is 5. The van der Waals surface area contributed by atoms with Gasteiger partial charge in [0.25, 0.3) is 0 Å². The maximum Gasteiger partial charge on any atom is 0.133 e. The second kappa shape index (κ2) is 5.12. The fourth-order valence-electron chi connectivity index (χ4n) is 1.66. The Labute approximate surface area is 95.5 Å². The second-order valence-corrected chi connectivity index (χ2v) is 4.18. The van der Waals surface area contributed by atoms with Gasteiger partial charge in [0.05, 0.1) is 6.61 Å². The summed E-state index contributed by atoms with van der Waals surface area (Å²) in [5.74, 6) is 1.71. The van der Waals surface area contributed by atoms with E-state index in [4.69, 9.17) is 5.11 Å². The van der Waals surface area contributed by atoms with Crippen LogP contribution in [0.3, 0.4) is 0 Å². The predicted molar refractivity (Wildman–Crippen MR) is 63.6 cm³/mol. The zero-order chi connectivity index (χ0) is 11.4. The van der Waals surface area contributed by atoms with Gasteiger partial charge in [-0.3, -0.25) is 0 Å². The van der Waals surface area contributed by atoms with Crippen molar-refractivity contribution in [1.29, 1.82) is 0 Å². The molecule has 88 valence electrons. The molecule has 1 aromatic rings. The number of hydrogen-bond donors (Lipinski definition) is 2. The van der Waals surface area contributed by atoms with Gasteiger partial charge >= 0.3 is 0 Å². The van der Waals surface area contributed by atoms with Gasteiger partial charge in [0.15, 0.2) is 0 Å². The van der Waals surface area contributed by atoms with Crippen LogP contribution in [0.2, 0.25) is 0 Å². The summed E-state index contributed by atoms with van der Waals surface area (Å²) in [6.45, 7) is 0.714. The largest absolute Gasteiger partial charge is 0.395 e. The monoisotopic (exact) mass is 222 g/mol. The third-order valence-corrected chi connectivity index (χ3v) is 2.94. The quantitative estimate of drug-likeness (QED) is 0.774. The van der Waals surface area contributed by atoms with E-state index in [1.54, 1.807) is 6.33 Å². The van der Waals surface area contributed by atoms with Crippen LogP contribution in [0.4, 0.5) is 11.6 Å². The Hall–Kier alpha value is -1.36. The van der Waals surface area contributed by atoms with E-state index in [2.05, 4.69) is 15.3 Å². The van der Waals surface area contributed by atoms with Gasteiger partial charge in [0, 0.05) is 25.7 Å². The molecular weight excluding hydrogens is 204 g/mol. The first-order valence-corrected chi connectivity index (χ1v) is 5.70. The lowest BCUT2D eigenvalue weighted by molar-refractivity contribution is 0.304. The maximum atomic E-state index is 8.86. The number of nitrogens with zero attached hydrogens (tertiary/aromatic N) is 3. The molecular formula is C11H18N4O. The number of hydrogen-bond acceptors (Lipinski definition) is 5. The molecule has 1 fully saturated rings. The lowest BCUT2D eigenvalue weighted by atomic mass is 9.93. The van der Waals surface area contributed by atoms with Crippen molar-refractivity contribution in [2.24, 2.45) is 0 Å². The molecule has 0 aromatic carbocycles. The molecule has 5 heteroatoms. The van der Waals surface area contributed by atoms with Crippen LogP contribution in [0.15, 0.2) is 12.4 Å². The Morgan fingerprint density at radius 1 is 1.50 bits per heavy atom. The third-order valence-electron chi connectivity index (χ3n) is 2.94. The van der Waals surface area contributed by atoms with Crippen LogP contribution in [0.25, 0.3) is 0 Å². The van der Waals surface area contributed by atoms with Crippen LogP contribution in [0.1, 0.15) is 19.3 Å². The van der Waals surface area contributed by atoms with Crippen LogP contribution < -0.4 is 10.2 Å². The molecule has 0 amide bonds. The van der Waals surface area contributed by atoms with E-state index >= 15 is 0 Å². The average Bonchev–Trinajstić information content (AvgIpc) is 2.24. The summed E-state index contributed by atoms with van der Waals surface area (Å²) in [6, 6.07) is 2.50. The van der Waals surface area contributed by atoms with Crippen molar-refractivity contribution in [2.45, 2.75) is 25.3 Å². The number of nitrogens with one attached hydrogen (secondary N) is 1. The van der Waals surface area contributed by atoms with Crippen molar-refractivity contribution < 1.29 is 5.11 Å². The molecule has 1 aliphatic carbocycles. The summed E-state index contributed by atoms with van der Waals surface area (Å²) in [5, 5.41) is 12.2. The topological polar surface area (TPSA) is 61.3 Å². The molecule has 0 atom stereocenters. The summed E-state index contributed by atoms with van der Waals surface area (Å²) >= 11 is 0. The molecule has 0 spiro atoms. The van der Waals surface area contributed by atoms with Crippen molar-refractivity contribution in [1.82, 2.24) is 9.97 Å². The van der Waals surface area contributed by atoms with E-state index in [1.807, 2.05) is 18.0 Å². The third kappa shape index (κ3) is 2.61. The highest BCUT2D eigenvalue weighted by Crippen LogP contribution is 2.23. The van der Waals surface area contributed by atoms with Crippen molar-refractivity contribution in [2.75, 3.05) is 30.4 Å². The van der Waals surface area contributed by atoms with E-state index < -0.39 is 0 Å². The highest BCUT2D eigenvalue weighted by atomic mass is 16.3. The Balaban J connectivity index is 2.00. The molecule has 0 unspecified atom stereocenters. The zero-order valence-electron chi connectivity index (χ0n) is 9.56. The Morgan fingerprint density at radius 3 is 2.94 bits per heavy atom. The summed E-state index contributed by atoms with van der Waals surface area (Å²) in [6.07, 6.45) is 5.32. The molecule has 1 aliphatic rings. The fourth-order valence-corrected chi connectivity index (χ4v) is 1.66. The van der Waals surface area contributed by atoms with Crippen LogP contribution in [0, 0.1) is 0 Å². The minimum absolute atomic E-state index is 0.131. The lowest BCUT2D eigenvalue weighted by Gasteiger charge is -2.27. The molecule has 0 saturated heterocycles. The molecule has 1 saturated carbocycles. The number of aliphatic hydroxyl groups excluding tert-OH is 1. The first kappa shape index (κ1) is 11.1. The Morgan fingerprint density at radius 2 is 2.31 bits per heavy atom. The van der Waals surface area contributed by atoms with Gasteiger partial charge in [-0.15, -0.1) is 0 Å². The Kier molecular flexibility index (Phi) is 3.56. The number of anilines is 2. The summed E-state index contributed by atoms with van der Waals surface area (Å²) in [7, 11) is 1.91. The fraction of sp³-hybridized carbons (Fsp3) is 0.636. The summed E-state index contributed by atoms with van der Waals surface area (Å²) < 4.78 is 0. The average molecular weight is 222 g/mol. The van der Waals surface area contributed by atoms with Gasteiger partial charge in [-0.1, -0.05) is 0 Å². The lowest BCUT2D eigenvalue weighted by Crippen LogP contribution is -2.28. The standard InChI is InChI=1S/C11H18N4O/c1-15(5-6-16)11-7-10(12-8-13-11)14-9-3-2-4-9/h7-9,16H,2-6H2,1H3,(H,12,13,14). The predicted octanol–water partition coefficient (Wildman–Crippen LogP) is 0.869. The molecule has 1 aromatic heterocycles. The van der Waals surface area contributed by atoms with E-state index in [1.165, 1.54) is 19.3 Å².